The van der Waals surface area contributed by atoms with Gasteiger partial charge in [-0.2, -0.15) is 13.8 Å². The van der Waals surface area contributed by atoms with Crippen molar-refractivity contribution in [2.45, 2.75) is 33.4 Å². The molecule has 1 heterocycles. The van der Waals surface area contributed by atoms with Gasteiger partial charge in [0.25, 0.3) is 0 Å². The zero-order valence-corrected chi connectivity index (χ0v) is 17.6. The first-order valence-corrected chi connectivity index (χ1v) is 9.66. The fraction of sp³-hybridized carbons (Fsp3) is 0.273. The minimum Gasteiger partial charge on any atom is -0.490 e. The van der Waals surface area contributed by atoms with Crippen molar-refractivity contribution < 1.29 is 27.0 Å². The fourth-order valence-corrected chi connectivity index (χ4v) is 3.16. The molecule has 0 saturated carbocycles. The van der Waals surface area contributed by atoms with Gasteiger partial charge in [-0.3, -0.25) is 4.79 Å². The van der Waals surface area contributed by atoms with E-state index in [0.29, 0.717) is 23.2 Å². The van der Waals surface area contributed by atoms with E-state index in [9.17, 15) is 22.4 Å². The molecule has 170 valence electrons. The van der Waals surface area contributed by atoms with Gasteiger partial charge in [-0.25, -0.2) is 8.78 Å². The van der Waals surface area contributed by atoms with Crippen molar-refractivity contribution >= 4 is 11.6 Å². The van der Waals surface area contributed by atoms with Crippen molar-refractivity contribution in [2.75, 3.05) is 12.4 Å². The number of halogens is 4. The molecule has 0 aliphatic heterocycles. The van der Waals surface area contributed by atoms with Gasteiger partial charge < -0.3 is 19.4 Å². The lowest BCUT2D eigenvalue weighted by atomic mass is 10.1. The predicted molar refractivity (Wildman–Crippen MR) is 111 cm³/mol. The van der Waals surface area contributed by atoms with Crippen molar-refractivity contribution in [3.63, 3.8) is 0 Å². The van der Waals surface area contributed by atoms with Gasteiger partial charge in [0.15, 0.2) is 11.6 Å². The summed E-state index contributed by atoms with van der Waals surface area (Å²) in [7, 11) is 1.31. The van der Waals surface area contributed by atoms with Crippen LogP contribution >= 0.6 is 0 Å². The second kappa shape index (κ2) is 9.71. The highest BCUT2D eigenvalue weighted by Crippen LogP contribution is 2.26. The number of nitrogens with zero attached hydrogens (tertiary/aromatic N) is 2. The molecule has 32 heavy (non-hydrogen) atoms. The van der Waals surface area contributed by atoms with Crippen LogP contribution in [-0.2, 0) is 13.0 Å². The Kier molecular flexibility index (Phi) is 7.01. The van der Waals surface area contributed by atoms with E-state index in [0.717, 1.165) is 6.07 Å². The largest absolute Gasteiger partial charge is 0.490 e. The van der Waals surface area contributed by atoms with Crippen LogP contribution in [0.15, 0.2) is 41.3 Å². The SMILES string of the molecule is CCc1cc(Cn2cc(OC)c(=O)nc2Nc2ccc(OC(F)F)cc2C)cc(F)c1F. The molecule has 1 aromatic heterocycles. The highest BCUT2D eigenvalue weighted by molar-refractivity contribution is 5.60. The summed E-state index contributed by atoms with van der Waals surface area (Å²) >= 11 is 0. The Morgan fingerprint density at radius 3 is 2.56 bits per heavy atom. The standard InChI is InChI=1S/C22H21F4N3O3/c1-4-14-8-13(9-16(23)19(14)24)10-29-11-18(31-3)20(30)28-22(29)27-17-6-5-15(7-12(17)2)32-21(25)26/h5-9,11,21H,4,10H2,1-3H3,(H,27,28,30). The van der Waals surface area contributed by atoms with Crippen LogP contribution in [0, 0.1) is 18.6 Å². The molecule has 0 aliphatic carbocycles. The number of nitrogens with one attached hydrogen (secondary N) is 1. The zero-order chi connectivity index (χ0) is 23.4. The molecule has 0 atom stereocenters. The third kappa shape index (κ3) is 5.19. The van der Waals surface area contributed by atoms with Crippen molar-refractivity contribution in [1.82, 2.24) is 9.55 Å². The van der Waals surface area contributed by atoms with Crippen LogP contribution in [0.25, 0.3) is 0 Å². The van der Waals surface area contributed by atoms with Crippen LogP contribution in [0.5, 0.6) is 11.5 Å². The lowest BCUT2D eigenvalue weighted by Gasteiger charge is -2.17. The maximum Gasteiger partial charge on any atom is 0.387 e. The maximum absolute atomic E-state index is 14.0. The van der Waals surface area contributed by atoms with E-state index in [2.05, 4.69) is 15.0 Å². The Bertz CT molecular complexity index is 1180. The molecule has 2 aromatic carbocycles. The number of aryl methyl sites for hydroxylation is 2. The lowest BCUT2D eigenvalue weighted by Crippen LogP contribution is -2.19. The van der Waals surface area contributed by atoms with Crippen molar-refractivity contribution in [3.8, 4) is 11.5 Å². The van der Waals surface area contributed by atoms with Crippen molar-refractivity contribution in [2.24, 2.45) is 0 Å². The molecule has 0 fully saturated rings. The number of hydrogen-bond acceptors (Lipinski definition) is 5. The van der Waals surface area contributed by atoms with Gasteiger partial charge in [0.1, 0.15) is 5.75 Å². The van der Waals surface area contributed by atoms with Crippen LogP contribution in [0.3, 0.4) is 0 Å². The summed E-state index contributed by atoms with van der Waals surface area (Å²) in [5.41, 5.74) is 1.08. The second-order valence-electron chi connectivity index (χ2n) is 6.95. The highest BCUT2D eigenvalue weighted by Gasteiger charge is 2.15. The van der Waals surface area contributed by atoms with E-state index < -0.39 is 23.8 Å². The maximum atomic E-state index is 14.0. The first-order chi connectivity index (χ1) is 15.2. The van der Waals surface area contributed by atoms with E-state index in [4.69, 9.17) is 4.74 Å². The topological polar surface area (TPSA) is 65.4 Å². The predicted octanol–water partition coefficient (Wildman–Crippen LogP) is 4.79. The quantitative estimate of drug-likeness (QED) is 0.499. The summed E-state index contributed by atoms with van der Waals surface area (Å²) in [6.45, 7) is 0.478. The minimum absolute atomic E-state index is 0.0167. The second-order valence-corrected chi connectivity index (χ2v) is 6.95. The molecule has 3 rings (SSSR count). The van der Waals surface area contributed by atoms with E-state index in [1.54, 1.807) is 13.8 Å². The van der Waals surface area contributed by atoms with E-state index >= 15 is 0 Å². The monoisotopic (exact) mass is 451 g/mol. The van der Waals surface area contributed by atoms with E-state index in [1.165, 1.54) is 42.1 Å². The van der Waals surface area contributed by atoms with Gasteiger partial charge in [-0.15, -0.1) is 0 Å². The minimum atomic E-state index is -2.95. The number of ether oxygens (including phenoxy) is 2. The van der Waals surface area contributed by atoms with Gasteiger partial charge in [-0.1, -0.05) is 13.0 Å². The third-order valence-electron chi connectivity index (χ3n) is 4.75. The fourth-order valence-electron chi connectivity index (χ4n) is 3.16. The summed E-state index contributed by atoms with van der Waals surface area (Å²) in [4.78, 5) is 16.2. The molecule has 0 radical (unpaired) electrons. The van der Waals surface area contributed by atoms with Crippen LogP contribution in [0.2, 0.25) is 0 Å². The molecular formula is C22H21F4N3O3. The summed E-state index contributed by atoms with van der Waals surface area (Å²) in [5.74, 6) is -1.82. The third-order valence-corrected chi connectivity index (χ3v) is 4.75. The highest BCUT2D eigenvalue weighted by atomic mass is 19.3. The Balaban J connectivity index is 1.99. The smallest absolute Gasteiger partial charge is 0.387 e. The van der Waals surface area contributed by atoms with E-state index in [-0.39, 0.29) is 29.6 Å². The van der Waals surface area contributed by atoms with Crippen LogP contribution in [0.1, 0.15) is 23.6 Å². The van der Waals surface area contributed by atoms with E-state index in [1.807, 2.05) is 0 Å². The Morgan fingerprint density at radius 2 is 1.94 bits per heavy atom. The molecule has 6 nitrogen and oxygen atoms in total. The summed E-state index contributed by atoms with van der Waals surface area (Å²) in [6.07, 6.45) is 1.70. The van der Waals surface area contributed by atoms with Crippen LogP contribution < -0.4 is 20.3 Å². The lowest BCUT2D eigenvalue weighted by molar-refractivity contribution is -0.0498. The van der Waals surface area contributed by atoms with Gasteiger partial charge in [0.05, 0.1) is 19.9 Å². The van der Waals surface area contributed by atoms with Crippen LogP contribution in [-0.4, -0.2) is 23.3 Å². The average Bonchev–Trinajstić information content (AvgIpc) is 2.73. The molecule has 0 unspecified atom stereocenters. The average molecular weight is 451 g/mol. The number of methoxy groups -OCH3 is 1. The zero-order valence-electron chi connectivity index (χ0n) is 17.6. The number of alkyl halides is 2. The van der Waals surface area contributed by atoms with Gasteiger partial charge in [-0.05, 0) is 54.3 Å². The van der Waals surface area contributed by atoms with Crippen LogP contribution in [0.4, 0.5) is 29.2 Å². The van der Waals surface area contributed by atoms with Crippen molar-refractivity contribution in [1.29, 1.82) is 0 Å². The number of aromatic nitrogens is 2. The molecule has 1 N–H and O–H groups in total. The number of rotatable bonds is 8. The van der Waals surface area contributed by atoms with Crippen molar-refractivity contribution in [3.05, 3.63) is 75.2 Å². The van der Waals surface area contributed by atoms with Gasteiger partial charge >= 0.3 is 12.2 Å². The molecule has 0 amide bonds. The summed E-state index contributed by atoms with van der Waals surface area (Å²) in [6, 6.07) is 6.86. The summed E-state index contributed by atoms with van der Waals surface area (Å²) in [5, 5.41) is 2.97. The first kappa shape index (κ1) is 23.1. The van der Waals surface area contributed by atoms with Gasteiger partial charge in [0, 0.05) is 5.69 Å². The number of hydrogen-bond donors (Lipinski definition) is 1. The molecule has 0 spiro atoms. The van der Waals surface area contributed by atoms with Gasteiger partial charge in [0.2, 0.25) is 11.7 Å². The Hall–Kier alpha value is -3.56. The molecule has 0 saturated heterocycles. The normalized spacial score (nSPS) is 11.0. The number of benzene rings is 2. The Labute approximate surface area is 181 Å². The molecule has 3 aromatic rings. The molecule has 0 aliphatic rings. The molecule has 0 bridgehead atoms. The first-order valence-electron chi connectivity index (χ1n) is 9.66. The summed E-state index contributed by atoms with van der Waals surface area (Å²) < 4.78 is 63.7. The molecule has 10 heteroatoms. The number of anilines is 2. The Morgan fingerprint density at radius 1 is 1.19 bits per heavy atom. The molecular weight excluding hydrogens is 430 g/mol.